The van der Waals surface area contributed by atoms with Crippen LogP contribution < -0.4 is 5.32 Å². The van der Waals surface area contributed by atoms with E-state index >= 15 is 0 Å². The average Bonchev–Trinajstić information content (AvgIpc) is 3.30. The van der Waals surface area contributed by atoms with Gasteiger partial charge < -0.3 is 65.1 Å². The molecule has 14 heteroatoms. The molecule has 380 valence electrons. The Morgan fingerprint density at radius 3 is 1.49 bits per heavy atom. The van der Waals surface area contributed by atoms with E-state index in [1.165, 1.54) is 109 Å². The molecule has 2 aliphatic heterocycles. The van der Waals surface area contributed by atoms with Gasteiger partial charge in [-0.05, 0) is 38.5 Å². The van der Waals surface area contributed by atoms with E-state index in [1.54, 1.807) is 6.08 Å². The molecule has 2 saturated heterocycles. The predicted molar refractivity (Wildman–Crippen MR) is 254 cm³/mol. The lowest BCUT2D eigenvalue weighted by Gasteiger charge is -2.46. The van der Waals surface area contributed by atoms with E-state index in [4.69, 9.17) is 18.9 Å². The van der Waals surface area contributed by atoms with E-state index in [2.05, 4.69) is 43.5 Å². The topological polar surface area (TPSA) is 228 Å². The van der Waals surface area contributed by atoms with Crippen molar-refractivity contribution in [3.63, 3.8) is 0 Å². The number of carbonyl (C=O) groups is 1. The summed E-state index contributed by atoms with van der Waals surface area (Å²) in [6.07, 6.45) is 26.4. The maximum absolute atomic E-state index is 13.1. The lowest BCUT2D eigenvalue weighted by Crippen LogP contribution is -2.65. The van der Waals surface area contributed by atoms with Crippen LogP contribution in [0, 0.1) is 0 Å². The Morgan fingerprint density at radius 1 is 0.554 bits per heavy atom. The summed E-state index contributed by atoms with van der Waals surface area (Å²) in [5.74, 6) is -0.254. The molecule has 0 aromatic heterocycles. The number of unbranched alkanes of at least 4 members (excludes halogenated alkanes) is 22. The number of amides is 1. The SMILES string of the molecule is CC/C=C/CC/C=C/CC/C=C/C(O)C(COC1OC(CO)C(OC2OC(CO)C(O)C(O)C2O)C(O)C1O)NC(=O)CCCCCCCCCCCCCCCCCCCCCCC. The minimum absolute atomic E-state index is 0.254. The van der Waals surface area contributed by atoms with Gasteiger partial charge in [-0.3, -0.25) is 4.79 Å². The molecule has 2 aliphatic rings. The lowest BCUT2D eigenvalue weighted by atomic mass is 9.97. The standard InChI is InChI=1S/C51H93NO13/c1-3-5-7-9-11-13-15-16-17-18-19-20-21-22-23-24-25-27-29-31-33-35-43(56)52-39(40(55)34-32-30-28-26-14-12-10-8-6-4-2)38-62-50-48(61)46(59)49(42(37-54)64-50)65-51-47(60)45(58)44(57)41(36-53)63-51/h6,8,14,26,32,34,39-42,44-51,53-55,57-61H,3-5,7,9-13,15-25,27-31,33,35-38H2,1-2H3,(H,52,56)/b8-6+,26-14+,34-32+. The first-order chi connectivity index (χ1) is 31.6. The van der Waals surface area contributed by atoms with Crippen LogP contribution in [0.3, 0.4) is 0 Å². The Kier molecular flexibility index (Phi) is 34.8. The highest BCUT2D eigenvalue weighted by molar-refractivity contribution is 5.76. The highest BCUT2D eigenvalue weighted by Crippen LogP contribution is 2.30. The van der Waals surface area contributed by atoms with Gasteiger partial charge in [0.2, 0.25) is 5.91 Å². The van der Waals surface area contributed by atoms with E-state index in [0.29, 0.717) is 12.8 Å². The van der Waals surface area contributed by atoms with Crippen LogP contribution in [0.1, 0.15) is 187 Å². The normalized spacial score (nSPS) is 27.3. The molecule has 12 unspecified atom stereocenters. The van der Waals surface area contributed by atoms with E-state index in [-0.39, 0.29) is 18.9 Å². The third-order valence-corrected chi connectivity index (χ3v) is 12.6. The second kappa shape index (κ2) is 38.1. The maximum Gasteiger partial charge on any atom is 0.220 e. The minimum atomic E-state index is -1.79. The summed E-state index contributed by atoms with van der Waals surface area (Å²) in [6.45, 7) is 2.63. The molecule has 0 aromatic rings. The molecule has 12 atom stereocenters. The Hall–Kier alpha value is -1.79. The molecule has 0 spiro atoms. The monoisotopic (exact) mass is 928 g/mol. The number of hydrogen-bond acceptors (Lipinski definition) is 13. The first-order valence-corrected chi connectivity index (χ1v) is 25.7. The number of allylic oxidation sites excluding steroid dienone is 5. The summed E-state index contributed by atoms with van der Waals surface area (Å²) in [6, 6.07) is -0.932. The van der Waals surface area contributed by atoms with Crippen LogP contribution in [-0.2, 0) is 23.7 Å². The van der Waals surface area contributed by atoms with Gasteiger partial charge in [-0.15, -0.1) is 0 Å². The largest absolute Gasteiger partial charge is 0.394 e. The maximum atomic E-state index is 13.1. The van der Waals surface area contributed by atoms with Gasteiger partial charge in [-0.25, -0.2) is 0 Å². The molecule has 0 bridgehead atoms. The van der Waals surface area contributed by atoms with Crippen molar-refractivity contribution in [3.05, 3.63) is 36.5 Å². The molecule has 2 rings (SSSR count). The Labute approximate surface area is 391 Å². The second-order valence-electron chi connectivity index (χ2n) is 18.3. The molecule has 0 aliphatic carbocycles. The van der Waals surface area contributed by atoms with Crippen LogP contribution in [0.2, 0.25) is 0 Å². The Morgan fingerprint density at radius 2 is 1.00 bits per heavy atom. The number of aliphatic hydroxyl groups is 8. The number of ether oxygens (including phenoxy) is 4. The van der Waals surface area contributed by atoms with Gasteiger partial charge in [0.1, 0.15) is 48.8 Å². The van der Waals surface area contributed by atoms with Gasteiger partial charge >= 0.3 is 0 Å². The van der Waals surface area contributed by atoms with Gasteiger partial charge in [0.25, 0.3) is 0 Å². The first-order valence-electron chi connectivity index (χ1n) is 25.7. The zero-order valence-corrected chi connectivity index (χ0v) is 40.2. The van der Waals surface area contributed by atoms with E-state index in [1.807, 2.05) is 6.08 Å². The van der Waals surface area contributed by atoms with Crippen molar-refractivity contribution in [2.75, 3.05) is 19.8 Å². The fourth-order valence-corrected chi connectivity index (χ4v) is 8.39. The van der Waals surface area contributed by atoms with E-state index in [9.17, 15) is 45.6 Å². The van der Waals surface area contributed by atoms with Crippen molar-refractivity contribution in [2.45, 2.75) is 261 Å². The smallest absolute Gasteiger partial charge is 0.220 e. The van der Waals surface area contributed by atoms with Crippen molar-refractivity contribution < 1.29 is 64.6 Å². The second-order valence-corrected chi connectivity index (χ2v) is 18.3. The third kappa shape index (κ3) is 25.4. The molecule has 2 fully saturated rings. The van der Waals surface area contributed by atoms with Crippen molar-refractivity contribution >= 4 is 5.91 Å². The summed E-state index contributed by atoms with van der Waals surface area (Å²) in [5.41, 5.74) is 0. The molecule has 9 N–H and O–H groups in total. The number of hydrogen-bond donors (Lipinski definition) is 9. The van der Waals surface area contributed by atoms with Crippen LogP contribution in [0.15, 0.2) is 36.5 Å². The van der Waals surface area contributed by atoms with Crippen LogP contribution in [0.5, 0.6) is 0 Å². The van der Waals surface area contributed by atoms with Crippen molar-refractivity contribution in [1.29, 1.82) is 0 Å². The van der Waals surface area contributed by atoms with Crippen molar-refractivity contribution in [1.82, 2.24) is 5.32 Å². The van der Waals surface area contributed by atoms with Gasteiger partial charge in [-0.2, -0.15) is 0 Å². The van der Waals surface area contributed by atoms with E-state index < -0.39 is 86.8 Å². The van der Waals surface area contributed by atoms with Crippen molar-refractivity contribution in [2.24, 2.45) is 0 Å². The first kappa shape index (κ1) is 59.3. The molecule has 0 radical (unpaired) electrons. The zero-order valence-electron chi connectivity index (χ0n) is 40.2. The summed E-state index contributed by atoms with van der Waals surface area (Å²) in [5, 5.41) is 86.5. The number of carbonyl (C=O) groups excluding carboxylic acids is 1. The van der Waals surface area contributed by atoms with Crippen LogP contribution in [0.25, 0.3) is 0 Å². The van der Waals surface area contributed by atoms with E-state index in [0.717, 1.165) is 44.9 Å². The van der Waals surface area contributed by atoms with Gasteiger partial charge in [0.05, 0.1) is 32.0 Å². The molecule has 0 saturated carbocycles. The highest BCUT2D eigenvalue weighted by Gasteiger charge is 2.51. The summed E-state index contributed by atoms with van der Waals surface area (Å²) >= 11 is 0. The molecule has 2 heterocycles. The molecule has 0 aromatic carbocycles. The van der Waals surface area contributed by atoms with Crippen LogP contribution in [-0.4, -0.2) is 140 Å². The van der Waals surface area contributed by atoms with Gasteiger partial charge in [0, 0.05) is 6.42 Å². The molecule has 14 nitrogen and oxygen atoms in total. The number of nitrogens with one attached hydrogen (secondary N) is 1. The quantitative estimate of drug-likeness (QED) is 0.0231. The van der Waals surface area contributed by atoms with Gasteiger partial charge in [-0.1, -0.05) is 179 Å². The third-order valence-electron chi connectivity index (χ3n) is 12.6. The number of aliphatic hydroxyl groups excluding tert-OH is 8. The Balaban J connectivity index is 1.78. The number of rotatable bonds is 39. The highest BCUT2D eigenvalue weighted by atomic mass is 16.7. The average molecular weight is 928 g/mol. The fraction of sp³-hybridized carbons (Fsp3) is 0.863. The lowest BCUT2D eigenvalue weighted by molar-refractivity contribution is -0.359. The van der Waals surface area contributed by atoms with Crippen LogP contribution >= 0.6 is 0 Å². The summed E-state index contributed by atoms with van der Waals surface area (Å²) in [7, 11) is 0. The Bertz CT molecular complexity index is 1230. The fourth-order valence-electron chi connectivity index (χ4n) is 8.39. The molecule has 1 amide bonds. The predicted octanol–water partition coefficient (Wildman–Crippen LogP) is 6.71. The summed E-state index contributed by atoms with van der Waals surface area (Å²) < 4.78 is 22.6. The minimum Gasteiger partial charge on any atom is -0.394 e. The summed E-state index contributed by atoms with van der Waals surface area (Å²) in [4.78, 5) is 13.1. The zero-order chi connectivity index (χ0) is 47.5. The molecular formula is C51H93NO13. The van der Waals surface area contributed by atoms with Crippen LogP contribution in [0.4, 0.5) is 0 Å². The molecule has 65 heavy (non-hydrogen) atoms. The van der Waals surface area contributed by atoms with Gasteiger partial charge in [0.15, 0.2) is 12.6 Å². The van der Waals surface area contributed by atoms with Crippen molar-refractivity contribution in [3.8, 4) is 0 Å². The molecular weight excluding hydrogens is 835 g/mol.